The third-order valence-corrected chi connectivity index (χ3v) is 5.05. The Morgan fingerprint density at radius 1 is 1.15 bits per heavy atom. The lowest BCUT2D eigenvalue weighted by Crippen LogP contribution is -2.37. The van der Waals surface area contributed by atoms with E-state index in [-0.39, 0.29) is 0 Å². The van der Waals surface area contributed by atoms with E-state index in [0.717, 1.165) is 49.2 Å². The molecule has 1 aliphatic heterocycles. The fourth-order valence-corrected chi connectivity index (χ4v) is 3.65. The molecule has 1 unspecified atom stereocenters. The topological polar surface area (TPSA) is 80.8 Å². The Balaban J connectivity index is 1.55. The van der Waals surface area contributed by atoms with Crippen molar-refractivity contribution in [1.29, 1.82) is 0 Å². The van der Waals surface area contributed by atoms with Crippen LogP contribution in [0.15, 0.2) is 31.1 Å². The van der Waals surface area contributed by atoms with E-state index in [1.54, 1.807) is 24.9 Å². The molecule has 0 saturated carbocycles. The second-order valence-electron chi connectivity index (χ2n) is 7.15. The summed E-state index contributed by atoms with van der Waals surface area (Å²) >= 11 is 0. The van der Waals surface area contributed by atoms with Crippen molar-refractivity contribution < 1.29 is 0 Å². The van der Waals surface area contributed by atoms with Crippen LogP contribution in [-0.2, 0) is 13.6 Å². The van der Waals surface area contributed by atoms with E-state index >= 15 is 0 Å². The van der Waals surface area contributed by atoms with Crippen LogP contribution in [0.3, 0.4) is 0 Å². The average molecular weight is 367 g/mol. The smallest absolute Gasteiger partial charge is 0.171 e. The molecule has 3 aromatic heterocycles. The van der Waals surface area contributed by atoms with Crippen molar-refractivity contribution >= 4 is 11.6 Å². The lowest BCUT2D eigenvalue weighted by Gasteiger charge is -2.34. The molecule has 1 saturated heterocycles. The molecule has 0 radical (unpaired) electrons. The highest BCUT2D eigenvalue weighted by atomic mass is 15.3. The number of anilines is 2. The molecule has 142 valence electrons. The van der Waals surface area contributed by atoms with Crippen LogP contribution in [0.2, 0.25) is 0 Å². The molecule has 0 spiro atoms. The minimum Gasteiger partial charge on any atom is -0.360 e. The Morgan fingerprint density at radius 2 is 2.00 bits per heavy atom. The number of rotatable bonds is 5. The number of imidazole rings is 1. The summed E-state index contributed by atoms with van der Waals surface area (Å²) in [6.45, 7) is 2.53. The quantitative estimate of drug-likeness (QED) is 0.672. The van der Waals surface area contributed by atoms with Crippen LogP contribution in [0.25, 0.3) is 0 Å². The van der Waals surface area contributed by atoms with Crippen molar-refractivity contribution in [1.82, 2.24) is 34.3 Å². The molecular weight excluding hydrogens is 342 g/mol. The van der Waals surface area contributed by atoms with Gasteiger partial charge in [-0.05, 0) is 12.8 Å². The van der Waals surface area contributed by atoms with Gasteiger partial charge in [-0.15, -0.1) is 10.2 Å². The maximum Gasteiger partial charge on any atom is 0.171 e. The molecule has 1 atom stereocenters. The van der Waals surface area contributed by atoms with Crippen LogP contribution in [0.4, 0.5) is 11.6 Å². The van der Waals surface area contributed by atoms with Crippen LogP contribution in [0.5, 0.6) is 0 Å². The number of hydrogen-bond donors (Lipinski definition) is 0. The maximum atomic E-state index is 4.60. The van der Waals surface area contributed by atoms with Gasteiger partial charge in [0.05, 0.1) is 12.9 Å². The predicted molar refractivity (Wildman–Crippen MR) is 103 cm³/mol. The fraction of sp³-hybridized carbons (Fsp3) is 0.500. The van der Waals surface area contributed by atoms with Gasteiger partial charge in [-0.1, -0.05) is 0 Å². The summed E-state index contributed by atoms with van der Waals surface area (Å²) in [5.41, 5.74) is 0. The molecular formula is C18H25N9. The van der Waals surface area contributed by atoms with Crippen LogP contribution in [-0.4, -0.2) is 61.5 Å². The molecule has 1 aliphatic rings. The summed E-state index contributed by atoms with van der Waals surface area (Å²) in [5.74, 6) is 4.13. The van der Waals surface area contributed by atoms with Crippen LogP contribution < -0.4 is 9.80 Å². The number of aromatic nitrogens is 7. The van der Waals surface area contributed by atoms with E-state index in [0.29, 0.717) is 12.5 Å². The first-order valence-electron chi connectivity index (χ1n) is 9.20. The van der Waals surface area contributed by atoms with Crippen molar-refractivity contribution in [2.45, 2.75) is 25.3 Å². The first-order chi connectivity index (χ1) is 13.1. The summed E-state index contributed by atoms with van der Waals surface area (Å²) < 4.78 is 4.13. The Morgan fingerprint density at radius 3 is 2.78 bits per heavy atom. The molecule has 9 nitrogen and oxygen atoms in total. The van der Waals surface area contributed by atoms with Gasteiger partial charge in [-0.2, -0.15) is 0 Å². The predicted octanol–water partition coefficient (Wildman–Crippen LogP) is 1.30. The number of hydrogen-bond acceptors (Lipinski definition) is 7. The van der Waals surface area contributed by atoms with Crippen LogP contribution >= 0.6 is 0 Å². The zero-order valence-electron chi connectivity index (χ0n) is 16.0. The second-order valence-corrected chi connectivity index (χ2v) is 7.15. The van der Waals surface area contributed by atoms with E-state index in [2.05, 4.69) is 34.6 Å². The van der Waals surface area contributed by atoms with Gasteiger partial charge >= 0.3 is 0 Å². The summed E-state index contributed by atoms with van der Waals surface area (Å²) in [7, 11) is 6.05. The number of piperidine rings is 1. The molecule has 3 aromatic rings. The monoisotopic (exact) mass is 367 g/mol. The molecule has 0 aliphatic carbocycles. The van der Waals surface area contributed by atoms with Crippen LogP contribution in [0.1, 0.15) is 30.4 Å². The Bertz CT molecular complexity index is 884. The van der Waals surface area contributed by atoms with Gasteiger partial charge in [-0.3, -0.25) is 0 Å². The first-order valence-corrected chi connectivity index (χ1v) is 9.20. The number of nitrogens with zero attached hydrogens (tertiary/aromatic N) is 9. The maximum absolute atomic E-state index is 4.60. The second kappa shape index (κ2) is 7.34. The van der Waals surface area contributed by atoms with E-state index in [1.807, 2.05) is 36.8 Å². The molecule has 0 N–H and O–H groups in total. The van der Waals surface area contributed by atoms with Gasteiger partial charge < -0.3 is 18.9 Å². The Labute approximate surface area is 158 Å². The molecule has 4 rings (SSSR count). The molecule has 1 fully saturated rings. The SMILES string of the molecule is CN(C)c1nccnc1N1CCCC(c2nnc(Cn3ccnc3)n2C)C1. The van der Waals surface area contributed by atoms with Gasteiger partial charge in [0.15, 0.2) is 17.5 Å². The van der Waals surface area contributed by atoms with Crippen molar-refractivity contribution in [3.05, 3.63) is 42.8 Å². The Kier molecular flexibility index (Phi) is 4.74. The van der Waals surface area contributed by atoms with Gasteiger partial charge in [0.25, 0.3) is 0 Å². The van der Waals surface area contributed by atoms with Gasteiger partial charge in [0, 0.05) is 64.9 Å². The largest absolute Gasteiger partial charge is 0.360 e. The molecule has 0 aromatic carbocycles. The summed E-state index contributed by atoms with van der Waals surface area (Å²) in [4.78, 5) is 17.5. The van der Waals surface area contributed by atoms with Gasteiger partial charge in [-0.25, -0.2) is 15.0 Å². The van der Waals surface area contributed by atoms with Crippen molar-refractivity contribution in [3.63, 3.8) is 0 Å². The summed E-state index contributed by atoms with van der Waals surface area (Å²) in [6.07, 6.45) is 11.2. The highest BCUT2D eigenvalue weighted by Gasteiger charge is 2.28. The van der Waals surface area contributed by atoms with Crippen LogP contribution in [0, 0.1) is 0 Å². The van der Waals surface area contributed by atoms with E-state index in [9.17, 15) is 0 Å². The zero-order chi connectivity index (χ0) is 18.8. The van der Waals surface area contributed by atoms with Crippen molar-refractivity contribution in [3.8, 4) is 0 Å². The third-order valence-electron chi connectivity index (χ3n) is 5.05. The first kappa shape index (κ1) is 17.4. The standard InChI is InChI=1S/C18H25N9/c1-24(2)17-18(21-7-6-20-17)27-9-4-5-14(11-27)16-23-22-15(25(16)3)12-26-10-8-19-13-26/h6-8,10,13-14H,4-5,9,11-12H2,1-3H3. The molecule has 4 heterocycles. The lowest BCUT2D eigenvalue weighted by atomic mass is 9.97. The average Bonchev–Trinajstić information content (AvgIpc) is 3.33. The zero-order valence-corrected chi connectivity index (χ0v) is 16.0. The van der Waals surface area contributed by atoms with E-state index < -0.39 is 0 Å². The van der Waals surface area contributed by atoms with Gasteiger partial charge in [0.1, 0.15) is 5.82 Å². The van der Waals surface area contributed by atoms with Gasteiger partial charge in [0.2, 0.25) is 0 Å². The van der Waals surface area contributed by atoms with E-state index in [1.165, 1.54) is 0 Å². The fourth-order valence-electron chi connectivity index (χ4n) is 3.65. The molecule has 0 bridgehead atoms. The summed E-state index contributed by atoms with van der Waals surface area (Å²) in [6, 6.07) is 0. The summed E-state index contributed by atoms with van der Waals surface area (Å²) in [5, 5.41) is 8.93. The Hall–Kier alpha value is -2.97. The lowest BCUT2D eigenvalue weighted by molar-refractivity contribution is 0.475. The third kappa shape index (κ3) is 3.49. The molecule has 0 amide bonds. The normalized spacial score (nSPS) is 17.3. The highest BCUT2D eigenvalue weighted by Crippen LogP contribution is 2.31. The van der Waals surface area contributed by atoms with Crippen molar-refractivity contribution in [2.24, 2.45) is 7.05 Å². The minimum atomic E-state index is 0.324. The van der Waals surface area contributed by atoms with E-state index in [4.69, 9.17) is 0 Å². The highest BCUT2D eigenvalue weighted by molar-refractivity contribution is 5.61. The molecule has 9 heteroatoms. The minimum absolute atomic E-state index is 0.324. The van der Waals surface area contributed by atoms with Crippen molar-refractivity contribution in [2.75, 3.05) is 37.0 Å². The molecule has 27 heavy (non-hydrogen) atoms.